The maximum atomic E-state index is 14.9. The van der Waals surface area contributed by atoms with Gasteiger partial charge in [-0.25, -0.2) is 9.78 Å². The van der Waals surface area contributed by atoms with Crippen LogP contribution in [0, 0.1) is 35.5 Å². The van der Waals surface area contributed by atoms with Gasteiger partial charge in [0, 0.05) is 75.6 Å². The Balaban J connectivity index is 1.02. The Bertz CT molecular complexity index is 3360. The number of allylic oxidation sites excluding steroid dienone is 6. The van der Waals surface area contributed by atoms with Crippen molar-refractivity contribution in [3.8, 4) is 17.0 Å². The normalized spacial score (nSPS) is 33.6. The number of nitrogens with zero attached hydrogens (tertiary/aromatic N) is 6. The minimum Gasteiger partial charge on any atom is -0.496 e. The van der Waals surface area contributed by atoms with Gasteiger partial charge in [-0.3, -0.25) is 19.2 Å². The first-order valence-corrected chi connectivity index (χ1v) is 35.2. The lowest BCUT2D eigenvalue weighted by atomic mass is 9.78. The predicted octanol–water partition coefficient (Wildman–Crippen LogP) is 9.22. The van der Waals surface area contributed by atoms with Crippen LogP contribution in [-0.4, -0.2) is 198 Å². The number of hydrogen-bond acceptors (Lipinski definition) is 21. The summed E-state index contributed by atoms with van der Waals surface area (Å²) < 4.78 is 48.7. The zero-order valence-corrected chi connectivity index (χ0v) is 59.1. The summed E-state index contributed by atoms with van der Waals surface area (Å²) in [4.78, 5) is 94.1. The van der Waals surface area contributed by atoms with Crippen molar-refractivity contribution in [1.82, 2.24) is 19.9 Å². The number of benzene rings is 1. The number of rotatable bonds is 12. The number of aliphatic hydroxyl groups is 3. The first kappa shape index (κ1) is 74.9. The fourth-order valence-corrected chi connectivity index (χ4v) is 14.8. The van der Waals surface area contributed by atoms with Gasteiger partial charge in [-0.05, 0) is 151 Å². The summed E-state index contributed by atoms with van der Waals surface area (Å²) in [7, 11) is 4.54. The molecule has 22 heteroatoms. The first-order chi connectivity index (χ1) is 46.4. The molecule has 2 aromatic heterocycles. The molecule has 1 saturated carbocycles. The van der Waals surface area contributed by atoms with Crippen LogP contribution in [0.3, 0.4) is 0 Å². The number of aromatic nitrogens is 3. The number of amides is 1. The SMILES string of the molecule is COc1ccc(-c2ccc3c(N4CCOC[C@@H]4C)nc(N4CCOC[C@@H]4C)nc3n2)cc1CO[C@H]1C[C@@H]2CC[C@@H](C)[C@@](O)(O2)C(=O)C(=O)N2CCCC[C@H]2C(=O)O[C@H](C(C)C[C@H]2CC[C@@H](O)[C@H](OC)C2)CC(=O)[C@H](C)/C=C(\C)[C@@H](O)[C@@H](OC)C(=O)[C@H](C)C[C@H](C)/C=C/C=CC=C1C. The summed E-state index contributed by atoms with van der Waals surface area (Å²) in [6.07, 6.45) is 9.94. The standard InChI is InChI=1S/C75H106N6O16/c1-44-18-14-13-15-19-45(2)63(95-43-55-38-54(23-28-62(55)90-10)58-26-25-57-70(76-58)77-74(80-31-33-94-42-52(80)9)78-71(57)79-30-32-93-41-51(79)8)39-56-24-21-50(7)75(89,97-56)69(86)72(87)81-29-17-16-20-59(81)73(88)96-64(47(4)36-53-22-27-60(82)65(37-53)91-11)40-61(83)46(3)35-49(6)67(85)68(92-12)66(84)48(5)34-44/h13-15,18-19,23,25-26,28,35,38,44,46-48,50-53,56,59-60,63-65,67-68,82,85,89H,16-17,20-22,24,27,29-34,36-37,39-43H2,1-12H3/b15-13?,18-14+,45-19?,49-35+/t44-,46-,47?,48-,50-,51+,52+,53-,56+,59+,60-,63+,64+,65-,67-,68+,75-/m1/s1. The van der Waals surface area contributed by atoms with Gasteiger partial charge in [-0.1, -0.05) is 71.1 Å². The number of aliphatic hydroxyl groups excluding tert-OH is 2. The van der Waals surface area contributed by atoms with E-state index in [1.807, 2.05) is 88.4 Å². The Morgan fingerprint density at radius 1 is 0.763 bits per heavy atom. The number of methoxy groups -OCH3 is 3. The molecule has 97 heavy (non-hydrogen) atoms. The molecule has 0 spiro atoms. The fraction of sp³-hybridized carbons (Fsp3) is 0.653. The van der Waals surface area contributed by atoms with Crippen LogP contribution in [0.2, 0.25) is 0 Å². The van der Waals surface area contributed by atoms with Crippen LogP contribution in [0.4, 0.5) is 11.8 Å². The van der Waals surface area contributed by atoms with Gasteiger partial charge >= 0.3 is 5.97 Å². The van der Waals surface area contributed by atoms with Crippen molar-refractivity contribution < 1.29 is 77.2 Å². The highest BCUT2D eigenvalue weighted by atomic mass is 16.6. The number of carbonyl (C=O) groups is 5. The van der Waals surface area contributed by atoms with Crippen LogP contribution in [0.5, 0.6) is 5.75 Å². The molecule has 5 aliphatic heterocycles. The minimum atomic E-state index is -2.56. The van der Waals surface area contributed by atoms with Gasteiger partial charge in [-0.15, -0.1) is 0 Å². The van der Waals surface area contributed by atoms with Gasteiger partial charge < -0.3 is 67.9 Å². The van der Waals surface area contributed by atoms with E-state index >= 15 is 0 Å². The molecule has 1 amide bonds. The van der Waals surface area contributed by atoms with Crippen LogP contribution in [0.15, 0.2) is 77.9 Å². The summed E-state index contributed by atoms with van der Waals surface area (Å²) in [5, 5.41) is 35.7. The van der Waals surface area contributed by atoms with Crippen LogP contribution in [0.25, 0.3) is 22.3 Å². The number of Topliss-reactive ketones (excluding diaryl/α,β-unsaturated/α-hetero) is 3. The number of cyclic esters (lactones) is 1. The highest BCUT2D eigenvalue weighted by molar-refractivity contribution is 6.39. The second kappa shape index (κ2) is 34.1. The number of piperidine rings is 1. The minimum absolute atomic E-state index is 0.0370. The summed E-state index contributed by atoms with van der Waals surface area (Å²) >= 11 is 0. The fourth-order valence-electron chi connectivity index (χ4n) is 14.8. The highest BCUT2D eigenvalue weighted by Crippen LogP contribution is 2.40. The molecule has 9 rings (SSSR count). The summed E-state index contributed by atoms with van der Waals surface area (Å²) in [5.74, 6) is -6.66. The predicted molar refractivity (Wildman–Crippen MR) is 367 cm³/mol. The van der Waals surface area contributed by atoms with E-state index in [-0.39, 0.29) is 79.9 Å². The van der Waals surface area contributed by atoms with Crippen molar-refractivity contribution in [3.05, 3.63) is 83.5 Å². The number of pyridine rings is 1. The maximum absolute atomic E-state index is 14.9. The average Bonchev–Trinajstić information content (AvgIpc) is 0.774. The van der Waals surface area contributed by atoms with Crippen molar-refractivity contribution >= 4 is 52.0 Å². The van der Waals surface area contributed by atoms with E-state index in [0.717, 1.165) is 27.9 Å². The smallest absolute Gasteiger partial charge is 0.329 e. The third-order valence-corrected chi connectivity index (χ3v) is 21.0. The van der Waals surface area contributed by atoms with Crippen LogP contribution in [0.1, 0.15) is 145 Å². The van der Waals surface area contributed by atoms with Crippen molar-refractivity contribution in [3.63, 3.8) is 0 Å². The van der Waals surface area contributed by atoms with Crippen molar-refractivity contribution in [2.45, 2.75) is 213 Å². The van der Waals surface area contributed by atoms with E-state index in [1.165, 1.54) is 12.0 Å². The van der Waals surface area contributed by atoms with E-state index in [9.17, 15) is 39.3 Å². The molecular weight excluding hydrogens is 1240 g/mol. The van der Waals surface area contributed by atoms with Gasteiger partial charge in [0.1, 0.15) is 41.7 Å². The van der Waals surface area contributed by atoms with Gasteiger partial charge in [0.25, 0.3) is 11.7 Å². The van der Waals surface area contributed by atoms with Gasteiger partial charge in [0.05, 0.1) is 87.7 Å². The zero-order valence-electron chi connectivity index (χ0n) is 59.1. The number of morpholine rings is 2. The monoisotopic (exact) mass is 1350 g/mol. The molecule has 3 aromatic rings. The van der Waals surface area contributed by atoms with Crippen molar-refractivity contribution in [2.24, 2.45) is 35.5 Å². The third-order valence-electron chi connectivity index (χ3n) is 21.0. The van der Waals surface area contributed by atoms with E-state index in [2.05, 4.69) is 23.6 Å². The molecule has 532 valence electrons. The highest BCUT2D eigenvalue weighted by Gasteiger charge is 2.53. The lowest BCUT2D eigenvalue weighted by Crippen LogP contribution is -2.61. The zero-order chi connectivity index (χ0) is 69.8. The Hall–Kier alpha value is -6.34. The number of esters is 1. The third kappa shape index (κ3) is 18.2. The van der Waals surface area contributed by atoms with Gasteiger partial charge in [0.2, 0.25) is 11.7 Å². The van der Waals surface area contributed by atoms with Gasteiger partial charge in [-0.2, -0.15) is 9.97 Å². The second-order valence-electron chi connectivity index (χ2n) is 28.3. The molecule has 0 radical (unpaired) electrons. The molecule has 7 heterocycles. The molecule has 2 bridgehead atoms. The van der Waals surface area contributed by atoms with E-state index < -0.39 is 83.9 Å². The van der Waals surface area contributed by atoms with E-state index in [0.29, 0.717) is 126 Å². The Labute approximate surface area is 572 Å². The second-order valence-corrected chi connectivity index (χ2v) is 28.3. The maximum Gasteiger partial charge on any atom is 0.329 e. The van der Waals surface area contributed by atoms with E-state index in [4.69, 9.17) is 52.8 Å². The van der Waals surface area contributed by atoms with Crippen molar-refractivity contribution in [1.29, 1.82) is 0 Å². The average molecular weight is 1350 g/mol. The summed E-state index contributed by atoms with van der Waals surface area (Å²) in [5.41, 5.74) is 3.89. The number of hydrogen-bond donors (Lipinski definition) is 3. The van der Waals surface area contributed by atoms with Crippen LogP contribution < -0.4 is 14.5 Å². The summed E-state index contributed by atoms with van der Waals surface area (Å²) in [6.45, 7) is 20.6. The quantitative estimate of drug-likeness (QED) is 0.0866. The number of carbonyl (C=O) groups excluding carboxylic acids is 5. The molecular formula is C75H106N6O16. The number of fused-ring (bicyclic) bond motifs is 4. The lowest BCUT2D eigenvalue weighted by Gasteiger charge is -2.43. The van der Waals surface area contributed by atoms with Gasteiger partial charge in [0.15, 0.2) is 11.4 Å². The molecule has 1 aromatic carbocycles. The van der Waals surface area contributed by atoms with Crippen LogP contribution in [-0.2, 0) is 63.7 Å². The molecule has 17 atom stereocenters. The Kier molecular flexibility index (Phi) is 26.4. The van der Waals surface area contributed by atoms with E-state index in [1.54, 1.807) is 41.1 Å². The summed E-state index contributed by atoms with van der Waals surface area (Å²) in [6, 6.07) is 8.75. The molecule has 3 N–H and O–H groups in total. The van der Waals surface area contributed by atoms with Crippen molar-refractivity contribution in [2.75, 3.05) is 77.2 Å². The molecule has 22 nitrogen and oxygen atoms in total. The topological polar surface area (TPSA) is 268 Å². The lowest BCUT2D eigenvalue weighted by molar-refractivity contribution is -0.266. The van der Waals surface area contributed by atoms with Crippen LogP contribution >= 0.6 is 0 Å². The largest absolute Gasteiger partial charge is 0.496 e. The number of anilines is 2. The molecule has 4 saturated heterocycles. The Morgan fingerprint density at radius 3 is 2.22 bits per heavy atom. The molecule has 1 aliphatic carbocycles. The first-order valence-electron chi connectivity index (χ1n) is 35.2. The number of ether oxygens (including phenoxy) is 8. The molecule has 5 fully saturated rings. The Morgan fingerprint density at radius 2 is 1.51 bits per heavy atom. The number of ketones is 3. The molecule has 1 unspecified atom stereocenters. The molecule has 6 aliphatic rings.